The Balaban J connectivity index is 1.73. The van der Waals surface area contributed by atoms with Crippen molar-refractivity contribution in [2.45, 2.75) is 30.2 Å². The molecule has 5 nitrogen and oxygen atoms in total. The van der Waals surface area contributed by atoms with Crippen molar-refractivity contribution >= 4 is 23.5 Å². The van der Waals surface area contributed by atoms with Crippen molar-refractivity contribution < 1.29 is 9.18 Å². The first-order valence-corrected chi connectivity index (χ1v) is 10.3. The lowest BCUT2D eigenvalue weighted by molar-refractivity contribution is -0.116. The number of halogens is 1. The van der Waals surface area contributed by atoms with Crippen LogP contribution in [0.25, 0.3) is 0 Å². The summed E-state index contributed by atoms with van der Waals surface area (Å²) in [7, 11) is 1.78. The molecule has 0 saturated heterocycles. The van der Waals surface area contributed by atoms with Gasteiger partial charge in [-0.25, -0.2) is 4.39 Å². The summed E-state index contributed by atoms with van der Waals surface area (Å²) < 4.78 is 15.5. The van der Waals surface area contributed by atoms with Gasteiger partial charge in [0.1, 0.15) is 11.6 Å². The zero-order chi connectivity index (χ0) is 20.5. The minimum atomic E-state index is -0.518. The summed E-state index contributed by atoms with van der Waals surface area (Å²) in [4.78, 5) is 29.5. The predicted molar refractivity (Wildman–Crippen MR) is 112 cm³/mol. The van der Waals surface area contributed by atoms with Crippen molar-refractivity contribution in [2.24, 2.45) is 7.05 Å². The van der Waals surface area contributed by atoms with Crippen molar-refractivity contribution in [1.82, 2.24) is 9.55 Å². The Morgan fingerprint density at radius 2 is 2.00 bits per heavy atom. The van der Waals surface area contributed by atoms with Crippen molar-refractivity contribution in [3.63, 3.8) is 0 Å². The number of thioether (sulfide) groups is 1. The van der Waals surface area contributed by atoms with E-state index in [1.807, 2.05) is 31.2 Å². The fourth-order valence-corrected chi connectivity index (χ4v) is 4.63. The van der Waals surface area contributed by atoms with E-state index in [2.05, 4.69) is 10.3 Å². The van der Waals surface area contributed by atoms with Crippen LogP contribution in [0.2, 0.25) is 0 Å². The van der Waals surface area contributed by atoms with Gasteiger partial charge >= 0.3 is 0 Å². The Hall–Kier alpha value is -2.93. The van der Waals surface area contributed by atoms with E-state index in [-0.39, 0.29) is 17.9 Å². The van der Waals surface area contributed by atoms with E-state index in [1.165, 1.54) is 29.5 Å². The molecule has 0 aliphatic carbocycles. The Kier molecular flexibility index (Phi) is 5.24. The highest BCUT2D eigenvalue weighted by molar-refractivity contribution is 7.98. The number of carbonyl (C=O) groups is 1. The van der Waals surface area contributed by atoms with Crippen LogP contribution < -0.4 is 10.9 Å². The maximum Gasteiger partial charge on any atom is 0.279 e. The first-order valence-electron chi connectivity index (χ1n) is 9.27. The quantitative estimate of drug-likeness (QED) is 0.523. The molecule has 1 aliphatic heterocycles. The fraction of sp³-hybridized carbons (Fsp3) is 0.227. The molecule has 0 fully saturated rings. The number of anilines is 1. The molecule has 1 atom stereocenters. The lowest BCUT2D eigenvalue weighted by Crippen LogP contribution is -2.33. The molecule has 3 aromatic rings. The number of hydrogen-bond acceptors (Lipinski definition) is 4. The summed E-state index contributed by atoms with van der Waals surface area (Å²) in [6.45, 7) is 2.04. The third-order valence-corrected chi connectivity index (χ3v) is 6.25. The monoisotopic (exact) mass is 409 g/mol. The molecule has 0 spiro atoms. The smallest absolute Gasteiger partial charge is 0.279 e. The zero-order valence-corrected chi connectivity index (χ0v) is 16.9. The number of aromatic nitrogens is 2. The number of fused-ring (bicyclic) bond motifs is 1. The summed E-state index contributed by atoms with van der Waals surface area (Å²) in [5.41, 5.74) is 2.94. The second-order valence-corrected chi connectivity index (χ2v) is 8.04. The number of carbonyl (C=O) groups excluding carboxylic acids is 1. The van der Waals surface area contributed by atoms with Gasteiger partial charge in [-0.15, -0.1) is 0 Å². The molecule has 1 unspecified atom stereocenters. The minimum Gasteiger partial charge on any atom is -0.312 e. The molecular weight excluding hydrogens is 389 g/mol. The summed E-state index contributed by atoms with van der Waals surface area (Å²) in [6.07, 6.45) is 0.0864. The molecule has 0 saturated carbocycles. The Bertz CT molecular complexity index is 1160. The molecular formula is C22H20FN3O2S. The Morgan fingerprint density at radius 3 is 2.76 bits per heavy atom. The highest BCUT2D eigenvalue weighted by Gasteiger charge is 2.32. The van der Waals surface area contributed by atoms with Crippen LogP contribution in [0.15, 0.2) is 58.5 Å². The molecule has 148 valence electrons. The van der Waals surface area contributed by atoms with E-state index in [1.54, 1.807) is 23.7 Å². The van der Waals surface area contributed by atoms with Crippen LogP contribution in [0.3, 0.4) is 0 Å². The van der Waals surface area contributed by atoms with Gasteiger partial charge in [-0.2, -0.15) is 4.98 Å². The normalized spacial score (nSPS) is 15.7. The van der Waals surface area contributed by atoms with Gasteiger partial charge in [0.05, 0.1) is 5.56 Å². The summed E-state index contributed by atoms with van der Waals surface area (Å²) in [6, 6.07) is 14.1. The number of amides is 1. The minimum absolute atomic E-state index is 0.0864. The molecule has 1 amide bonds. The fourth-order valence-electron chi connectivity index (χ4n) is 3.59. The summed E-state index contributed by atoms with van der Waals surface area (Å²) in [5.74, 6) is -0.0283. The third kappa shape index (κ3) is 3.82. The SMILES string of the molecule is Cc1ccccc1CSc1nc(=O)c2c(n1C)NC(=O)CC2c1cccc(F)c1. The van der Waals surface area contributed by atoms with Gasteiger partial charge in [0.2, 0.25) is 5.91 Å². The number of hydrogen-bond donors (Lipinski definition) is 1. The van der Waals surface area contributed by atoms with Gasteiger partial charge in [0.25, 0.3) is 5.56 Å². The third-order valence-electron chi connectivity index (χ3n) is 5.17. The van der Waals surface area contributed by atoms with Crippen LogP contribution in [0, 0.1) is 12.7 Å². The first kappa shape index (κ1) is 19.4. The van der Waals surface area contributed by atoms with Crippen LogP contribution >= 0.6 is 11.8 Å². The van der Waals surface area contributed by atoms with Crippen LogP contribution in [0.1, 0.15) is 34.6 Å². The van der Waals surface area contributed by atoms with Crippen LogP contribution in [0.4, 0.5) is 10.2 Å². The highest BCUT2D eigenvalue weighted by Crippen LogP contribution is 2.36. The average molecular weight is 409 g/mol. The molecule has 2 aromatic carbocycles. The van der Waals surface area contributed by atoms with Gasteiger partial charge in [-0.1, -0.05) is 48.2 Å². The molecule has 0 radical (unpaired) electrons. The zero-order valence-electron chi connectivity index (χ0n) is 16.1. The van der Waals surface area contributed by atoms with Gasteiger partial charge in [-0.3, -0.25) is 9.59 Å². The topological polar surface area (TPSA) is 64.0 Å². The number of aryl methyl sites for hydroxylation is 1. The van der Waals surface area contributed by atoms with Crippen molar-refractivity contribution in [3.8, 4) is 0 Å². The van der Waals surface area contributed by atoms with E-state index in [4.69, 9.17) is 0 Å². The maximum absolute atomic E-state index is 13.7. The molecule has 29 heavy (non-hydrogen) atoms. The summed E-state index contributed by atoms with van der Waals surface area (Å²) >= 11 is 1.44. The van der Waals surface area contributed by atoms with Crippen LogP contribution in [0.5, 0.6) is 0 Å². The number of nitrogens with zero attached hydrogens (tertiary/aromatic N) is 2. The second-order valence-electron chi connectivity index (χ2n) is 7.10. The Labute approximate surface area is 172 Å². The Morgan fingerprint density at radius 1 is 1.21 bits per heavy atom. The standard InChI is InChI=1S/C22H20FN3O2S/c1-13-6-3-4-7-15(13)12-29-22-25-21(28)19-17(14-8-5-9-16(23)10-14)11-18(27)24-20(19)26(22)2/h3-10,17H,11-12H2,1-2H3,(H,24,27). The van der Waals surface area contributed by atoms with Crippen LogP contribution in [-0.2, 0) is 17.6 Å². The van der Waals surface area contributed by atoms with Gasteiger partial charge in [0.15, 0.2) is 5.16 Å². The largest absolute Gasteiger partial charge is 0.312 e. The number of benzene rings is 2. The average Bonchev–Trinajstić information content (AvgIpc) is 2.70. The van der Waals surface area contributed by atoms with E-state index >= 15 is 0 Å². The molecule has 2 heterocycles. The molecule has 0 bridgehead atoms. The second kappa shape index (κ2) is 7.83. The number of nitrogens with one attached hydrogen (secondary N) is 1. The lowest BCUT2D eigenvalue weighted by atomic mass is 9.87. The van der Waals surface area contributed by atoms with E-state index in [0.717, 1.165) is 5.56 Å². The first-order chi connectivity index (χ1) is 13.9. The van der Waals surface area contributed by atoms with Crippen LogP contribution in [-0.4, -0.2) is 15.5 Å². The highest BCUT2D eigenvalue weighted by atomic mass is 32.2. The van der Waals surface area contributed by atoms with Crippen molar-refractivity contribution in [1.29, 1.82) is 0 Å². The number of rotatable bonds is 4. The van der Waals surface area contributed by atoms with Crippen molar-refractivity contribution in [3.05, 3.63) is 87.0 Å². The van der Waals surface area contributed by atoms with E-state index in [9.17, 15) is 14.0 Å². The molecule has 4 rings (SSSR count). The predicted octanol–water partition coefficient (Wildman–Crippen LogP) is 3.99. The van der Waals surface area contributed by atoms with E-state index < -0.39 is 11.7 Å². The maximum atomic E-state index is 13.7. The van der Waals surface area contributed by atoms with Gasteiger partial charge in [-0.05, 0) is 35.7 Å². The molecule has 1 aromatic heterocycles. The molecule has 7 heteroatoms. The summed E-state index contributed by atoms with van der Waals surface area (Å²) in [5, 5.41) is 3.34. The van der Waals surface area contributed by atoms with Gasteiger partial charge in [0, 0.05) is 25.1 Å². The van der Waals surface area contributed by atoms with Gasteiger partial charge < -0.3 is 9.88 Å². The molecule has 1 N–H and O–H groups in total. The molecule has 1 aliphatic rings. The lowest BCUT2D eigenvalue weighted by Gasteiger charge is -2.27. The van der Waals surface area contributed by atoms with E-state index in [0.29, 0.717) is 27.9 Å². The van der Waals surface area contributed by atoms with Crippen molar-refractivity contribution in [2.75, 3.05) is 5.32 Å².